The Morgan fingerprint density at radius 1 is 0.933 bits per heavy atom. The highest BCUT2D eigenvalue weighted by Gasteiger charge is 2.21. The molecule has 0 fully saturated rings. The van der Waals surface area contributed by atoms with Crippen LogP contribution >= 0.6 is 11.6 Å². The third kappa shape index (κ3) is 4.95. The average Bonchev–Trinajstić information content (AvgIpc) is 2.62. The standard InChI is InChI=1S/C21H17ClF2N2O3S/c1-12-7-13(2)9-16(8-12)26-30(28,29)20-10-14(3-5-17(20)22)21(27)25-19-6-4-15(23)11-18(19)24/h3-11,26H,1-2H3,(H,25,27). The Morgan fingerprint density at radius 3 is 2.23 bits per heavy atom. The molecule has 3 aromatic rings. The second-order valence-electron chi connectivity index (χ2n) is 6.71. The number of aryl methyl sites for hydroxylation is 2. The lowest BCUT2D eigenvalue weighted by Crippen LogP contribution is -2.17. The van der Waals surface area contributed by atoms with Gasteiger partial charge in [0.1, 0.15) is 16.5 Å². The minimum absolute atomic E-state index is 0.0658. The minimum atomic E-state index is -4.11. The van der Waals surface area contributed by atoms with Crippen LogP contribution in [0.15, 0.2) is 59.5 Å². The zero-order valence-corrected chi connectivity index (χ0v) is 17.5. The van der Waals surface area contributed by atoms with Crippen LogP contribution in [-0.4, -0.2) is 14.3 Å². The molecule has 3 rings (SSSR count). The molecule has 0 spiro atoms. The molecule has 0 radical (unpaired) electrons. The maximum atomic E-state index is 13.8. The van der Waals surface area contributed by atoms with E-state index in [0.717, 1.165) is 29.3 Å². The van der Waals surface area contributed by atoms with Gasteiger partial charge in [0.25, 0.3) is 15.9 Å². The van der Waals surface area contributed by atoms with E-state index >= 15 is 0 Å². The monoisotopic (exact) mass is 450 g/mol. The fourth-order valence-electron chi connectivity index (χ4n) is 2.88. The Balaban J connectivity index is 1.91. The number of anilines is 2. The van der Waals surface area contributed by atoms with E-state index in [2.05, 4.69) is 10.0 Å². The number of rotatable bonds is 5. The van der Waals surface area contributed by atoms with Gasteiger partial charge in [0.05, 0.1) is 10.7 Å². The van der Waals surface area contributed by atoms with Gasteiger partial charge in [-0.3, -0.25) is 9.52 Å². The summed E-state index contributed by atoms with van der Waals surface area (Å²) in [6.45, 7) is 3.66. The summed E-state index contributed by atoms with van der Waals surface area (Å²) in [6, 6.07) is 11.5. The molecule has 0 saturated carbocycles. The fourth-order valence-corrected chi connectivity index (χ4v) is 4.45. The van der Waals surface area contributed by atoms with Crippen molar-refractivity contribution >= 4 is 38.9 Å². The molecule has 2 N–H and O–H groups in total. The highest BCUT2D eigenvalue weighted by Crippen LogP contribution is 2.26. The van der Waals surface area contributed by atoms with Crippen molar-refractivity contribution in [3.63, 3.8) is 0 Å². The fraction of sp³-hybridized carbons (Fsp3) is 0.0952. The number of halogens is 3. The van der Waals surface area contributed by atoms with E-state index in [1.165, 1.54) is 12.1 Å². The number of hydrogen-bond donors (Lipinski definition) is 2. The van der Waals surface area contributed by atoms with Gasteiger partial charge in [-0.05, 0) is 67.4 Å². The lowest BCUT2D eigenvalue weighted by molar-refractivity contribution is 0.102. The predicted molar refractivity (Wildman–Crippen MR) is 112 cm³/mol. The Hall–Kier alpha value is -2.97. The van der Waals surface area contributed by atoms with Gasteiger partial charge in [-0.1, -0.05) is 17.7 Å². The van der Waals surface area contributed by atoms with Crippen LogP contribution in [0.4, 0.5) is 20.2 Å². The summed E-state index contributed by atoms with van der Waals surface area (Å²) in [6.07, 6.45) is 0. The summed E-state index contributed by atoms with van der Waals surface area (Å²) < 4.78 is 54.9. The van der Waals surface area contributed by atoms with Crippen LogP contribution < -0.4 is 10.0 Å². The first-order chi connectivity index (χ1) is 14.0. The maximum Gasteiger partial charge on any atom is 0.263 e. The molecule has 1 amide bonds. The van der Waals surface area contributed by atoms with Gasteiger partial charge in [-0.25, -0.2) is 17.2 Å². The van der Waals surface area contributed by atoms with E-state index in [-0.39, 0.29) is 21.2 Å². The Labute approximate surface area is 177 Å². The first-order valence-electron chi connectivity index (χ1n) is 8.72. The number of sulfonamides is 1. The second-order valence-corrected chi connectivity index (χ2v) is 8.76. The molecule has 156 valence electrons. The third-order valence-electron chi connectivity index (χ3n) is 4.14. The summed E-state index contributed by atoms with van der Waals surface area (Å²) in [5, 5.41) is 2.19. The van der Waals surface area contributed by atoms with Crippen molar-refractivity contribution in [3.05, 3.63) is 87.9 Å². The maximum absolute atomic E-state index is 13.8. The molecule has 5 nitrogen and oxygen atoms in total. The van der Waals surface area contributed by atoms with Gasteiger partial charge in [0, 0.05) is 17.3 Å². The molecule has 0 saturated heterocycles. The summed E-state index contributed by atoms with van der Waals surface area (Å²) >= 11 is 6.06. The molecule has 0 aliphatic heterocycles. The molecule has 0 aliphatic rings. The van der Waals surface area contributed by atoms with Crippen LogP contribution in [0.5, 0.6) is 0 Å². The number of hydrogen-bond acceptors (Lipinski definition) is 3. The number of carbonyl (C=O) groups is 1. The van der Waals surface area contributed by atoms with E-state index < -0.39 is 27.6 Å². The Morgan fingerprint density at radius 2 is 1.60 bits per heavy atom. The second kappa shape index (κ2) is 8.41. The SMILES string of the molecule is Cc1cc(C)cc(NS(=O)(=O)c2cc(C(=O)Nc3ccc(F)cc3F)ccc2Cl)c1. The molecule has 9 heteroatoms. The van der Waals surface area contributed by atoms with Gasteiger partial charge in [-0.2, -0.15) is 0 Å². The minimum Gasteiger partial charge on any atom is -0.319 e. The summed E-state index contributed by atoms with van der Waals surface area (Å²) in [5.41, 5.74) is 1.78. The summed E-state index contributed by atoms with van der Waals surface area (Å²) in [7, 11) is -4.11. The zero-order chi connectivity index (χ0) is 22.1. The smallest absolute Gasteiger partial charge is 0.263 e. The Bertz CT molecular complexity index is 1230. The van der Waals surface area contributed by atoms with Crippen molar-refractivity contribution in [1.29, 1.82) is 0 Å². The molecular weight excluding hydrogens is 434 g/mol. The van der Waals surface area contributed by atoms with Gasteiger partial charge in [0.2, 0.25) is 0 Å². The van der Waals surface area contributed by atoms with Crippen LogP contribution in [0.2, 0.25) is 5.02 Å². The van der Waals surface area contributed by atoms with Crippen molar-refractivity contribution in [2.24, 2.45) is 0 Å². The molecule has 0 heterocycles. The largest absolute Gasteiger partial charge is 0.319 e. The van der Waals surface area contributed by atoms with E-state index in [1.807, 2.05) is 19.9 Å². The molecule has 0 aromatic heterocycles. The van der Waals surface area contributed by atoms with Crippen molar-refractivity contribution < 1.29 is 22.0 Å². The third-order valence-corrected chi connectivity index (χ3v) is 6.00. The lowest BCUT2D eigenvalue weighted by atomic mass is 10.1. The first-order valence-corrected chi connectivity index (χ1v) is 10.6. The van der Waals surface area contributed by atoms with Gasteiger partial charge < -0.3 is 5.32 Å². The normalized spacial score (nSPS) is 11.2. The lowest BCUT2D eigenvalue weighted by Gasteiger charge is -2.13. The Kier molecular flexibility index (Phi) is 6.09. The van der Waals surface area contributed by atoms with Gasteiger partial charge >= 0.3 is 0 Å². The van der Waals surface area contributed by atoms with Crippen molar-refractivity contribution in [2.45, 2.75) is 18.7 Å². The molecule has 0 atom stereocenters. The molecule has 0 aliphatic carbocycles. The van der Waals surface area contributed by atoms with Gasteiger partial charge in [0.15, 0.2) is 0 Å². The molecule has 3 aromatic carbocycles. The van der Waals surface area contributed by atoms with E-state index in [0.29, 0.717) is 11.8 Å². The van der Waals surface area contributed by atoms with Crippen LogP contribution in [-0.2, 0) is 10.0 Å². The molecule has 30 heavy (non-hydrogen) atoms. The van der Waals surface area contributed by atoms with Crippen molar-refractivity contribution in [2.75, 3.05) is 10.0 Å². The summed E-state index contributed by atoms with van der Waals surface area (Å²) in [4.78, 5) is 12.1. The first kappa shape index (κ1) is 21.7. The van der Waals surface area contributed by atoms with E-state index in [9.17, 15) is 22.0 Å². The number of benzene rings is 3. The highest BCUT2D eigenvalue weighted by atomic mass is 35.5. The molecular formula is C21H17ClF2N2O3S. The van der Waals surface area contributed by atoms with Gasteiger partial charge in [-0.15, -0.1) is 0 Å². The van der Waals surface area contributed by atoms with Crippen LogP contribution in [0.1, 0.15) is 21.5 Å². The van der Waals surface area contributed by atoms with Crippen LogP contribution in [0.25, 0.3) is 0 Å². The quantitative estimate of drug-likeness (QED) is 0.554. The number of carbonyl (C=O) groups excluding carboxylic acids is 1. The van der Waals surface area contributed by atoms with Crippen LogP contribution in [0.3, 0.4) is 0 Å². The van der Waals surface area contributed by atoms with Crippen molar-refractivity contribution in [1.82, 2.24) is 0 Å². The number of nitrogens with one attached hydrogen (secondary N) is 2. The van der Waals surface area contributed by atoms with E-state index in [4.69, 9.17) is 11.6 Å². The van der Waals surface area contributed by atoms with Crippen molar-refractivity contribution in [3.8, 4) is 0 Å². The summed E-state index contributed by atoms with van der Waals surface area (Å²) in [5.74, 6) is -2.52. The predicted octanol–water partition coefficient (Wildman–Crippen LogP) is 5.29. The molecule has 0 bridgehead atoms. The van der Waals surface area contributed by atoms with Crippen LogP contribution in [0, 0.1) is 25.5 Å². The highest BCUT2D eigenvalue weighted by molar-refractivity contribution is 7.92. The number of amides is 1. The topological polar surface area (TPSA) is 75.3 Å². The zero-order valence-electron chi connectivity index (χ0n) is 16.0. The molecule has 0 unspecified atom stereocenters. The van der Waals surface area contributed by atoms with E-state index in [1.54, 1.807) is 12.1 Å². The average molecular weight is 451 g/mol.